The fraction of sp³-hybridized carbons (Fsp3) is 0.591. The zero-order valence-corrected chi connectivity index (χ0v) is 18.2. The highest BCUT2D eigenvalue weighted by Crippen LogP contribution is 2.22. The Morgan fingerprint density at radius 1 is 1.21 bits per heavy atom. The van der Waals surface area contributed by atoms with Gasteiger partial charge in [0.05, 0.1) is 0 Å². The van der Waals surface area contributed by atoms with Crippen LogP contribution in [-0.4, -0.2) is 58.3 Å². The molecule has 0 saturated heterocycles. The van der Waals surface area contributed by atoms with Crippen molar-refractivity contribution in [2.75, 3.05) is 26.7 Å². The topological polar surface area (TPSA) is 70.4 Å². The fourth-order valence-corrected chi connectivity index (χ4v) is 4.04. The van der Waals surface area contributed by atoms with Crippen molar-refractivity contribution in [1.29, 1.82) is 0 Å². The lowest BCUT2D eigenvalue weighted by atomic mass is 9.95. The van der Waals surface area contributed by atoms with Gasteiger partial charge >= 0.3 is 0 Å². The van der Waals surface area contributed by atoms with E-state index in [-0.39, 0.29) is 0 Å². The molecule has 0 saturated carbocycles. The number of rotatable bonds is 8. The Balaban J connectivity index is 1.51. The van der Waals surface area contributed by atoms with Gasteiger partial charge in [-0.2, -0.15) is 0 Å². The Morgan fingerprint density at radius 3 is 2.72 bits per heavy atom. The van der Waals surface area contributed by atoms with Crippen LogP contribution >= 0.6 is 0 Å². The first kappa shape index (κ1) is 21.3. The van der Waals surface area contributed by atoms with Gasteiger partial charge < -0.3 is 15.2 Å². The molecular weight excluding hydrogens is 362 g/mol. The first-order valence-electron chi connectivity index (χ1n) is 10.7. The monoisotopic (exact) mass is 397 g/mol. The minimum absolute atomic E-state index is 0.464. The molecule has 1 atom stereocenters. The van der Waals surface area contributed by atoms with Gasteiger partial charge in [0.15, 0.2) is 5.96 Å². The summed E-state index contributed by atoms with van der Waals surface area (Å²) in [6.07, 6.45) is 3.81. The molecule has 0 radical (unpaired) electrons. The molecule has 7 heteroatoms. The third-order valence-electron chi connectivity index (χ3n) is 5.76. The fourth-order valence-electron chi connectivity index (χ4n) is 4.04. The van der Waals surface area contributed by atoms with Gasteiger partial charge in [-0.25, -0.2) is 0 Å². The lowest BCUT2D eigenvalue weighted by molar-refractivity contribution is 0.140. The van der Waals surface area contributed by atoms with Crippen LogP contribution in [0.3, 0.4) is 0 Å². The number of nitrogens with one attached hydrogen (secondary N) is 2. The highest BCUT2D eigenvalue weighted by molar-refractivity contribution is 5.79. The quantitative estimate of drug-likeness (QED) is 0.527. The molecule has 0 aliphatic carbocycles. The van der Waals surface area contributed by atoms with Gasteiger partial charge in [0.1, 0.15) is 12.2 Å². The number of nitrogens with zero attached hydrogens (tertiary/aromatic N) is 5. The van der Waals surface area contributed by atoms with E-state index in [1.807, 2.05) is 7.05 Å². The Morgan fingerprint density at radius 2 is 2.00 bits per heavy atom. The van der Waals surface area contributed by atoms with Crippen molar-refractivity contribution >= 4 is 5.96 Å². The summed E-state index contributed by atoms with van der Waals surface area (Å²) >= 11 is 0. The Hall–Kier alpha value is -2.41. The predicted octanol–water partition coefficient (Wildman–Crippen LogP) is 2.09. The number of hydrogen-bond donors (Lipinski definition) is 2. The van der Waals surface area contributed by atoms with Crippen molar-refractivity contribution < 1.29 is 0 Å². The Kier molecular flexibility index (Phi) is 7.63. The van der Waals surface area contributed by atoms with Crippen molar-refractivity contribution in [3.63, 3.8) is 0 Å². The highest BCUT2D eigenvalue weighted by atomic mass is 15.3. The first-order chi connectivity index (χ1) is 14.1. The molecule has 1 unspecified atom stereocenters. The van der Waals surface area contributed by atoms with E-state index < -0.39 is 0 Å². The van der Waals surface area contributed by atoms with Crippen molar-refractivity contribution in [3.05, 3.63) is 47.5 Å². The summed E-state index contributed by atoms with van der Waals surface area (Å²) in [5.74, 6) is 2.43. The smallest absolute Gasteiger partial charge is 0.191 e. The van der Waals surface area contributed by atoms with E-state index in [4.69, 9.17) is 0 Å². The molecule has 1 aromatic heterocycles. The van der Waals surface area contributed by atoms with E-state index in [0.29, 0.717) is 12.0 Å². The summed E-state index contributed by atoms with van der Waals surface area (Å²) in [6.45, 7) is 11.3. The molecule has 0 bridgehead atoms. The number of aliphatic imine (C=N–C) groups is 1. The predicted molar refractivity (Wildman–Crippen MR) is 118 cm³/mol. The maximum atomic E-state index is 4.40. The SMILES string of the molecule is CCc1nncn1CCNC(=NC)NCC(C(C)C)N1CCc2ccccc2C1. The number of hydrogen-bond acceptors (Lipinski definition) is 4. The van der Waals surface area contributed by atoms with Gasteiger partial charge in [-0.15, -0.1) is 10.2 Å². The van der Waals surface area contributed by atoms with E-state index >= 15 is 0 Å². The number of guanidine groups is 1. The van der Waals surface area contributed by atoms with Crippen molar-refractivity contribution in [3.8, 4) is 0 Å². The zero-order valence-electron chi connectivity index (χ0n) is 18.2. The summed E-state index contributed by atoms with van der Waals surface area (Å²) in [5.41, 5.74) is 2.96. The van der Waals surface area contributed by atoms with Crippen LogP contribution in [0.1, 0.15) is 37.7 Å². The second kappa shape index (κ2) is 10.4. The van der Waals surface area contributed by atoms with Crippen molar-refractivity contribution in [2.24, 2.45) is 10.9 Å². The van der Waals surface area contributed by atoms with E-state index in [1.54, 1.807) is 6.33 Å². The Bertz CT molecular complexity index is 796. The lowest BCUT2D eigenvalue weighted by Gasteiger charge is -2.38. The van der Waals surface area contributed by atoms with Gasteiger partial charge in [-0.3, -0.25) is 9.89 Å². The third-order valence-corrected chi connectivity index (χ3v) is 5.76. The number of benzene rings is 1. The molecule has 1 aliphatic heterocycles. The van der Waals surface area contributed by atoms with Crippen LogP contribution in [0.15, 0.2) is 35.6 Å². The van der Waals surface area contributed by atoms with Crippen LogP contribution in [-0.2, 0) is 25.9 Å². The molecule has 1 aliphatic rings. The van der Waals surface area contributed by atoms with Crippen LogP contribution in [0.2, 0.25) is 0 Å². The van der Waals surface area contributed by atoms with Crippen molar-refractivity contribution in [1.82, 2.24) is 30.3 Å². The van der Waals surface area contributed by atoms with Crippen LogP contribution < -0.4 is 10.6 Å². The van der Waals surface area contributed by atoms with Crippen molar-refractivity contribution in [2.45, 2.75) is 52.7 Å². The van der Waals surface area contributed by atoms with Gasteiger partial charge in [-0.05, 0) is 23.5 Å². The summed E-state index contributed by atoms with van der Waals surface area (Å²) in [6, 6.07) is 9.29. The van der Waals surface area contributed by atoms with E-state index in [9.17, 15) is 0 Å². The maximum Gasteiger partial charge on any atom is 0.191 e. The minimum atomic E-state index is 0.464. The molecule has 2 heterocycles. The van der Waals surface area contributed by atoms with E-state index in [1.165, 1.54) is 11.1 Å². The number of fused-ring (bicyclic) bond motifs is 1. The van der Waals surface area contributed by atoms with E-state index in [2.05, 4.69) is 80.3 Å². The number of aromatic nitrogens is 3. The van der Waals surface area contributed by atoms with Crippen LogP contribution in [0, 0.1) is 5.92 Å². The molecule has 0 amide bonds. The third kappa shape index (κ3) is 5.56. The minimum Gasteiger partial charge on any atom is -0.355 e. The van der Waals surface area contributed by atoms with Crippen LogP contribution in [0.5, 0.6) is 0 Å². The molecule has 29 heavy (non-hydrogen) atoms. The average molecular weight is 398 g/mol. The van der Waals surface area contributed by atoms with Gasteiger partial charge in [0.25, 0.3) is 0 Å². The molecule has 2 aromatic rings. The summed E-state index contributed by atoms with van der Waals surface area (Å²) in [4.78, 5) is 7.01. The van der Waals surface area contributed by atoms with Gasteiger partial charge in [-0.1, -0.05) is 45.0 Å². The maximum absolute atomic E-state index is 4.40. The summed E-state index contributed by atoms with van der Waals surface area (Å²) in [5, 5.41) is 15.1. The molecule has 1 aromatic carbocycles. The second-order valence-corrected chi connectivity index (χ2v) is 7.97. The zero-order chi connectivity index (χ0) is 20.6. The second-order valence-electron chi connectivity index (χ2n) is 7.97. The van der Waals surface area contributed by atoms with Crippen LogP contribution in [0.25, 0.3) is 0 Å². The first-order valence-corrected chi connectivity index (χ1v) is 10.7. The summed E-state index contributed by atoms with van der Waals surface area (Å²) < 4.78 is 2.09. The van der Waals surface area contributed by atoms with Gasteiger partial charge in [0, 0.05) is 52.2 Å². The standard InChI is InChI=1S/C22H35N7/c1-5-21-27-26-16-29(21)13-11-24-22(23-4)25-14-20(17(2)3)28-12-10-18-8-6-7-9-19(18)15-28/h6-9,16-17,20H,5,10-15H2,1-4H3,(H2,23,24,25). The van der Waals surface area contributed by atoms with E-state index in [0.717, 1.165) is 57.3 Å². The average Bonchev–Trinajstić information content (AvgIpc) is 3.19. The molecule has 158 valence electrons. The molecule has 2 N–H and O–H groups in total. The van der Waals surface area contributed by atoms with Crippen LogP contribution in [0.4, 0.5) is 0 Å². The number of aryl methyl sites for hydroxylation is 1. The summed E-state index contributed by atoms with van der Waals surface area (Å²) in [7, 11) is 1.83. The van der Waals surface area contributed by atoms with Gasteiger partial charge in [0.2, 0.25) is 0 Å². The molecule has 0 spiro atoms. The normalized spacial score (nSPS) is 16.0. The molecular formula is C22H35N7. The molecule has 7 nitrogen and oxygen atoms in total. The highest BCUT2D eigenvalue weighted by Gasteiger charge is 2.25. The molecule has 0 fully saturated rings. The lowest BCUT2D eigenvalue weighted by Crippen LogP contribution is -2.51. The Labute approximate surface area is 174 Å². The molecule has 3 rings (SSSR count). The largest absolute Gasteiger partial charge is 0.355 e.